The van der Waals surface area contributed by atoms with Gasteiger partial charge in [0.1, 0.15) is 6.04 Å². The molecular weight excluding hydrogens is 320 g/mol. The second kappa shape index (κ2) is 6.88. The van der Waals surface area contributed by atoms with Gasteiger partial charge in [-0.25, -0.2) is 8.42 Å². The molecule has 116 valence electrons. The van der Waals surface area contributed by atoms with Crippen LogP contribution in [0.2, 0.25) is 5.02 Å². The summed E-state index contributed by atoms with van der Waals surface area (Å²) in [6, 6.07) is 2.70. The molecule has 0 unspecified atom stereocenters. The fourth-order valence-electron chi connectivity index (χ4n) is 1.68. The first-order valence-corrected chi connectivity index (χ1v) is 7.79. The fourth-order valence-corrected chi connectivity index (χ4v) is 3.36. The van der Waals surface area contributed by atoms with Crippen LogP contribution in [0.3, 0.4) is 0 Å². The summed E-state index contributed by atoms with van der Waals surface area (Å²) in [5.74, 6) is -2.09. The van der Waals surface area contributed by atoms with Crippen LogP contribution in [0.15, 0.2) is 23.1 Å². The summed E-state index contributed by atoms with van der Waals surface area (Å²) in [5, 5.41) is 9.38. The van der Waals surface area contributed by atoms with Crippen LogP contribution in [-0.2, 0) is 19.6 Å². The van der Waals surface area contributed by atoms with Crippen molar-refractivity contribution in [2.45, 2.75) is 30.7 Å². The molecular formula is C12H15ClN2O5S. The number of nitrogens with two attached hydrogens (primary N) is 1. The molecule has 1 amide bonds. The van der Waals surface area contributed by atoms with Crippen molar-refractivity contribution in [3.63, 3.8) is 0 Å². The molecule has 7 nitrogen and oxygen atoms in total. The number of hydrogen-bond donors (Lipinski definition) is 3. The monoisotopic (exact) mass is 334 g/mol. The fraction of sp³-hybridized carbons (Fsp3) is 0.333. The Bertz CT molecular complexity index is 660. The predicted octanol–water partition coefficient (Wildman–Crippen LogP) is 0.645. The molecule has 9 heteroatoms. The van der Waals surface area contributed by atoms with E-state index in [1.54, 1.807) is 6.92 Å². The Morgan fingerprint density at radius 1 is 1.43 bits per heavy atom. The Balaban J connectivity index is 3.00. The second-order valence-corrected chi connectivity index (χ2v) is 6.55. The van der Waals surface area contributed by atoms with Gasteiger partial charge < -0.3 is 10.8 Å². The summed E-state index contributed by atoms with van der Waals surface area (Å²) in [5.41, 5.74) is 5.32. The average molecular weight is 335 g/mol. The van der Waals surface area contributed by atoms with Gasteiger partial charge in [-0.2, -0.15) is 4.72 Å². The van der Waals surface area contributed by atoms with E-state index in [2.05, 4.69) is 0 Å². The predicted molar refractivity (Wildman–Crippen MR) is 76.4 cm³/mol. The van der Waals surface area contributed by atoms with Crippen LogP contribution in [0.5, 0.6) is 0 Å². The van der Waals surface area contributed by atoms with E-state index in [9.17, 15) is 18.0 Å². The molecule has 0 bridgehead atoms. The topological polar surface area (TPSA) is 127 Å². The molecule has 0 aliphatic heterocycles. The molecule has 0 aromatic heterocycles. The SMILES string of the molecule is Cc1cc(Cl)ccc1S(=O)(=O)N[C@H](CCC(N)=O)C(=O)O. The minimum Gasteiger partial charge on any atom is -0.480 e. The van der Waals surface area contributed by atoms with Crippen molar-refractivity contribution in [1.82, 2.24) is 4.72 Å². The molecule has 1 aromatic carbocycles. The Morgan fingerprint density at radius 3 is 2.52 bits per heavy atom. The van der Waals surface area contributed by atoms with Gasteiger partial charge in [-0.15, -0.1) is 0 Å². The highest BCUT2D eigenvalue weighted by Crippen LogP contribution is 2.20. The first-order valence-electron chi connectivity index (χ1n) is 5.93. The number of aliphatic carboxylic acids is 1. The zero-order valence-corrected chi connectivity index (χ0v) is 12.7. The third-order valence-electron chi connectivity index (χ3n) is 2.70. The maximum Gasteiger partial charge on any atom is 0.321 e. The van der Waals surface area contributed by atoms with Crippen molar-refractivity contribution in [2.75, 3.05) is 0 Å². The molecule has 4 N–H and O–H groups in total. The maximum absolute atomic E-state index is 12.2. The van der Waals surface area contributed by atoms with Crippen LogP contribution in [-0.4, -0.2) is 31.4 Å². The van der Waals surface area contributed by atoms with Gasteiger partial charge in [0.2, 0.25) is 15.9 Å². The lowest BCUT2D eigenvalue weighted by molar-refractivity contribution is -0.139. The number of carboxylic acid groups (broad SMARTS) is 1. The molecule has 0 saturated heterocycles. The number of nitrogens with one attached hydrogen (secondary N) is 1. The number of carbonyl (C=O) groups is 2. The van der Waals surface area contributed by atoms with Crippen molar-refractivity contribution in [2.24, 2.45) is 5.73 Å². The smallest absolute Gasteiger partial charge is 0.321 e. The molecule has 0 saturated carbocycles. The van der Waals surface area contributed by atoms with Gasteiger partial charge in [-0.1, -0.05) is 11.6 Å². The number of aryl methyl sites for hydroxylation is 1. The molecule has 1 atom stereocenters. The lowest BCUT2D eigenvalue weighted by Gasteiger charge is -2.15. The van der Waals surface area contributed by atoms with E-state index in [1.807, 2.05) is 4.72 Å². The van der Waals surface area contributed by atoms with Crippen LogP contribution in [0.4, 0.5) is 0 Å². The van der Waals surface area contributed by atoms with Crippen molar-refractivity contribution in [1.29, 1.82) is 0 Å². The van der Waals surface area contributed by atoms with E-state index >= 15 is 0 Å². The molecule has 1 aromatic rings. The zero-order valence-electron chi connectivity index (χ0n) is 11.2. The minimum atomic E-state index is -4.04. The molecule has 0 heterocycles. The van der Waals surface area contributed by atoms with Crippen molar-refractivity contribution in [3.05, 3.63) is 28.8 Å². The van der Waals surface area contributed by atoms with Gasteiger partial charge >= 0.3 is 5.97 Å². The number of halogens is 1. The molecule has 21 heavy (non-hydrogen) atoms. The van der Waals surface area contributed by atoms with E-state index in [-0.39, 0.29) is 17.7 Å². The van der Waals surface area contributed by atoms with Crippen LogP contribution in [0.25, 0.3) is 0 Å². The zero-order chi connectivity index (χ0) is 16.2. The normalized spacial score (nSPS) is 12.9. The number of carbonyl (C=O) groups excluding carboxylic acids is 1. The number of sulfonamides is 1. The van der Waals surface area contributed by atoms with Crippen molar-refractivity contribution < 1.29 is 23.1 Å². The Kier molecular flexibility index (Phi) is 5.70. The van der Waals surface area contributed by atoms with E-state index in [1.165, 1.54) is 18.2 Å². The summed E-state index contributed by atoms with van der Waals surface area (Å²) in [4.78, 5) is 21.7. The largest absolute Gasteiger partial charge is 0.480 e. The van der Waals surface area contributed by atoms with Crippen molar-refractivity contribution >= 4 is 33.5 Å². The van der Waals surface area contributed by atoms with Gasteiger partial charge in [0, 0.05) is 11.4 Å². The average Bonchev–Trinajstić information content (AvgIpc) is 2.33. The van der Waals surface area contributed by atoms with Gasteiger partial charge in [0.25, 0.3) is 0 Å². The summed E-state index contributed by atoms with van der Waals surface area (Å²) in [7, 11) is -4.04. The third-order valence-corrected chi connectivity index (χ3v) is 4.57. The highest BCUT2D eigenvalue weighted by molar-refractivity contribution is 7.89. The number of amides is 1. The van der Waals surface area contributed by atoms with Gasteiger partial charge in [-0.3, -0.25) is 9.59 Å². The van der Waals surface area contributed by atoms with Gasteiger partial charge in [-0.05, 0) is 37.1 Å². The van der Waals surface area contributed by atoms with E-state index in [4.69, 9.17) is 22.4 Å². The summed E-state index contributed by atoms with van der Waals surface area (Å²) < 4.78 is 26.4. The second-order valence-electron chi connectivity index (χ2n) is 4.43. The number of rotatable bonds is 7. The van der Waals surface area contributed by atoms with Crippen LogP contribution >= 0.6 is 11.6 Å². The summed E-state index contributed by atoms with van der Waals surface area (Å²) in [6.07, 6.45) is -0.463. The lowest BCUT2D eigenvalue weighted by atomic mass is 10.2. The molecule has 0 radical (unpaired) electrons. The molecule has 1 rings (SSSR count). The molecule has 0 aliphatic rings. The lowest BCUT2D eigenvalue weighted by Crippen LogP contribution is -2.41. The molecule has 0 spiro atoms. The first kappa shape index (κ1) is 17.4. The Hall–Kier alpha value is -1.64. The molecule has 0 fully saturated rings. The minimum absolute atomic E-state index is 0.0720. The third kappa shape index (κ3) is 5.00. The van der Waals surface area contributed by atoms with Crippen molar-refractivity contribution in [3.8, 4) is 0 Å². The van der Waals surface area contributed by atoms with Gasteiger partial charge in [0.05, 0.1) is 4.90 Å². The number of primary amides is 1. The molecule has 0 aliphatic carbocycles. The summed E-state index contributed by atoms with van der Waals surface area (Å²) >= 11 is 5.75. The first-order chi connectivity index (χ1) is 9.63. The van der Waals surface area contributed by atoms with Crippen LogP contribution in [0, 0.1) is 6.92 Å². The Labute approximate surface area is 127 Å². The number of hydrogen-bond acceptors (Lipinski definition) is 4. The summed E-state index contributed by atoms with van der Waals surface area (Å²) in [6.45, 7) is 1.54. The standard InChI is InChI=1S/C12H15ClN2O5S/c1-7-6-8(13)2-4-10(7)21(19,20)15-9(12(17)18)3-5-11(14)16/h2,4,6,9,15H,3,5H2,1H3,(H2,14,16)(H,17,18)/t9-/m1/s1. The highest BCUT2D eigenvalue weighted by Gasteiger charge is 2.26. The number of benzene rings is 1. The van der Waals surface area contributed by atoms with Crippen LogP contribution < -0.4 is 10.5 Å². The van der Waals surface area contributed by atoms with Gasteiger partial charge in [0.15, 0.2) is 0 Å². The highest BCUT2D eigenvalue weighted by atomic mass is 35.5. The quantitative estimate of drug-likeness (QED) is 0.674. The maximum atomic E-state index is 12.2. The van der Waals surface area contributed by atoms with E-state index < -0.39 is 27.9 Å². The van der Waals surface area contributed by atoms with E-state index in [0.717, 1.165) is 0 Å². The van der Waals surface area contributed by atoms with E-state index in [0.29, 0.717) is 10.6 Å². The van der Waals surface area contributed by atoms with Crippen LogP contribution in [0.1, 0.15) is 18.4 Å². The number of carboxylic acids is 1. The Morgan fingerprint density at radius 2 is 2.05 bits per heavy atom.